The van der Waals surface area contributed by atoms with Crippen LogP contribution in [0, 0.1) is 56.2 Å². The highest BCUT2D eigenvalue weighted by atomic mass is 16.8. The predicted molar refractivity (Wildman–Crippen MR) is 192 cm³/mol. The number of ketones is 1. The third-order valence-electron chi connectivity index (χ3n) is 17.8. The molecule has 0 aromatic heterocycles. The van der Waals surface area contributed by atoms with E-state index in [2.05, 4.69) is 41.5 Å². The molecule has 0 amide bonds. The summed E-state index contributed by atoms with van der Waals surface area (Å²) < 4.78 is 24.4. The predicted octanol–water partition coefficient (Wildman–Crippen LogP) is 2.68. The normalized spacial score (nSPS) is 59.2. The maximum atomic E-state index is 13.1. The fourth-order valence-electron chi connectivity index (χ4n) is 14.9. The number of carbonyl (C=O) groups excluding carboxylic acids is 1. The molecule has 7 N–H and O–H groups in total. The Morgan fingerprint density at radius 2 is 1.34 bits per heavy atom. The van der Waals surface area contributed by atoms with Crippen LogP contribution in [0.25, 0.3) is 0 Å². The summed E-state index contributed by atoms with van der Waals surface area (Å²) in [5, 5.41) is 77.3. The Hall–Kier alpha value is -0.770. The van der Waals surface area contributed by atoms with Gasteiger partial charge in [-0.15, -0.1) is 0 Å². The maximum absolute atomic E-state index is 13.1. The van der Waals surface area contributed by atoms with Crippen LogP contribution in [0.3, 0.4) is 0 Å². The molecule has 12 nitrogen and oxygen atoms in total. The number of ether oxygens (including phenoxy) is 4. The van der Waals surface area contributed by atoms with Crippen molar-refractivity contribution in [2.75, 3.05) is 6.61 Å². The molecule has 2 heterocycles. The van der Waals surface area contributed by atoms with E-state index in [0.29, 0.717) is 19.3 Å². The van der Waals surface area contributed by atoms with Gasteiger partial charge in [-0.2, -0.15) is 0 Å². The molecule has 53 heavy (non-hydrogen) atoms. The lowest BCUT2D eigenvalue weighted by Gasteiger charge is -2.74. The van der Waals surface area contributed by atoms with Gasteiger partial charge in [0.15, 0.2) is 12.6 Å². The van der Waals surface area contributed by atoms with E-state index in [9.17, 15) is 40.5 Å². The van der Waals surface area contributed by atoms with Crippen molar-refractivity contribution in [3.05, 3.63) is 0 Å². The Morgan fingerprint density at radius 3 is 2.00 bits per heavy atom. The first kappa shape index (κ1) is 40.4. The lowest BCUT2D eigenvalue weighted by atomic mass is 9.31. The number of hydrogen-bond acceptors (Lipinski definition) is 12. The van der Waals surface area contributed by atoms with E-state index in [1.165, 1.54) is 0 Å². The highest BCUT2D eigenvalue weighted by Crippen LogP contribution is 2.78. The summed E-state index contributed by atoms with van der Waals surface area (Å²) in [5.41, 5.74) is -1.96. The molecule has 0 radical (unpaired) electrons. The summed E-state index contributed by atoms with van der Waals surface area (Å²) in [6, 6.07) is 0. The van der Waals surface area contributed by atoms with Gasteiger partial charge in [0.1, 0.15) is 42.4 Å². The average Bonchev–Trinajstić information content (AvgIpc) is 3.36. The summed E-state index contributed by atoms with van der Waals surface area (Å²) in [5.74, 6) is 0.322. The largest absolute Gasteiger partial charge is 0.393 e. The zero-order valence-corrected chi connectivity index (χ0v) is 33.3. The van der Waals surface area contributed by atoms with E-state index in [-0.39, 0.29) is 69.2 Å². The maximum Gasteiger partial charge on any atom is 0.187 e. The Morgan fingerprint density at radius 1 is 0.660 bits per heavy atom. The Labute approximate surface area is 314 Å². The molecular formula is C41H68O12. The van der Waals surface area contributed by atoms with Gasteiger partial charge in [0, 0.05) is 11.3 Å². The third kappa shape index (κ3) is 5.58. The van der Waals surface area contributed by atoms with Gasteiger partial charge < -0.3 is 54.7 Å². The van der Waals surface area contributed by atoms with E-state index in [0.717, 1.165) is 32.1 Å². The lowest BCUT2D eigenvalue weighted by molar-refractivity contribution is -0.365. The molecule has 0 bridgehead atoms. The molecule has 2 aliphatic heterocycles. The minimum atomic E-state index is -1.60. The number of fused-ring (bicyclic) bond motifs is 7. The second kappa shape index (κ2) is 13.1. The third-order valence-corrected chi connectivity index (χ3v) is 17.8. The molecule has 12 heteroatoms. The minimum Gasteiger partial charge on any atom is -0.393 e. The quantitative estimate of drug-likeness (QED) is 0.203. The number of aliphatic hydroxyl groups excluding tert-OH is 7. The van der Waals surface area contributed by atoms with Crippen molar-refractivity contribution >= 4 is 5.78 Å². The molecule has 7 rings (SSSR count). The van der Waals surface area contributed by atoms with E-state index in [4.69, 9.17) is 18.9 Å². The van der Waals surface area contributed by atoms with Crippen molar-refractivity contribution in [2.45, 2.75) is 187 Å². The second-order valence-corrected chi connectivity index (χ2v) is 20.5. The highest BCUT2D eigenvalue weighted by Gasteiger charge is 2.75. The lowest BCUT2D eigenvalue weighted by Crippen LogP contribution is -2.72. The summed E-state index contributed by atoms with van der Waals surface area (Å²) >= 11 is 0. The van der Waals surface area contributed by atoms with Crippen LogP contribution in [-0.4, -0.2) is 122 Å². The fourth-order valence-corrected chi connectivity index (χ4v) is 14.9. The first-order chi connectivity index (χ1) is 24.5. The van der Waals surface area contributed by atoms with E-state index < -0.39 is 72.9 Å². The molecule has 304 valence electrons. The van der Waals surface area contributed by atoms with Gasteiger partial charge in [-0.3, -0.25) is 4.79 Å². The van der Waals surface area contributed by atoms with Crippen molar-refractivity contribution < 1.29 is 59.5 Å². The Bertz CT molecular complexity index is 1410. The SMILES string of the molecule is CC(=O)[C@]1(C)CC[C@@]2(C)C1[C@@H](O)C[C@]1(C)C2[C@H](O)CC2[C@@]3(C)CC[C@H](OC4OC[C@@H](O)[C@H](O)[C@H]4O[C@@H]4O[C@@H](C)[C@H](O)[C@@H](O)[C@H]4O)C(C)(C)C3CC[C@]21C. The van der Waals surface area contributed by atoms with Crippen LogP contribution in [0.15, 0.2) is 0 Å². The average molecular weight is 753 g/mol. The van der Waals surface area contributed by atoms with Gasteiger partial charge in [0.05, 0.1) is 31.0 Å². The molecule has 7 aliphatic rings. The number of aliphatic hydroxyl groups is 7. The summed E-state index contributed by atoms with van der Waals surface area (Å²) in [6.07, 6.45) is -7.07. The highest BCUT2D eigenvalue weighted by molar-refractivity contribution is 5.83. The van der Waals surface area contributed by atoms with E-state index >= 15 is 0 Å². The molecule has 0 aromatic carbocycles. The van der Waals surface area contributed by atoms with Crippen LogP contribution in [0.2, 0.25) is 0 Å². The molecule has 0 aromatic rings. The molecule has 5 saturated carbocycles. The van der Waals surface area contributed by atoms with Crippen LogP contribution in [0.1, 0.15) is 114 Å². The monoisotopic (exact) mass is 752 g/mol. The first-order valence-electron chi connectivity index (χ1n) is 20.3. The number of hydrogen-bond donors (Lipinski definition) is 7. The zero-order chi connectivity index (χ0) is 39.0. The molecular weight excluding hydrogens is 684 g/mol. The Kier molecular flexibility index (Phi) is 10.0. The molecule has 7 fully saturated rings. The second-order valence-electron chi connectivity index (χ2n) is 20.5. The van der Waals surface area contributed by atoms with Gasteiger partial charge in [-0.25, -0.2) is 0 Å². The van der Waals surface area contributed by atoms with Gasteiger partial charge in [-0.05, 0) is 110 Å². The van der Waals surface area contributed by atoms with Crippen LogP contribution in [0.4, 0.5) is 0 Å². The van der Waals surface area contributed by atoms with Gasteiger partial charge >= 0.3 is 0 Å². The van der Waals surface area contributed by atoms with Gasteiger partial charge in [0.2, 0.25) is 0 Å². The van der Waals surface area contributed by atoms with Crippen molar-refractivity contribution in [3.63, 3.8) is 0 Å². The molecule has 2 saturated heterocycles. The Balaban J connectivity index is 1.13. The van der Waals surface area contributed by atoms with Crippen LogP contribution in [0.5, 0.6) is 0 Å². The van der Waals surface area contributed by atoms with Crippen molar-refractivity contribution in [2.24, 2.45) is 56.2 Å². The number of rotatable bonds is 5. The van der Waals surface area contributed by atoms with Gasteiger partial charge in [0.25, 0.3) is 0 Å². The smallest absolute Gasteiger partial charge is 0.187 e. The standard InChI is InChI=1S/C41H68O12/c1-19-27(46)29(48)30(49)34(51-19)53-31-28(47)23(45)18-50-35(31)52-26-11-12-38(6)24(36(26,3)4)10-13-40(8)25(38)16-21(43)33-39(7)15-14-37(5,20(2)42)32(39)22(44)17-41(33,40)9/h19,21-35,43-49H,10-18H2,1-9H3/t19-,21+,22-,23+,24?,25?,26-,27-,28-,29+,30+,31+,32?,33?,34-,35?,37-,38-,39-,40+,41+/m0/s1. The summed E-state index contributed by atoms with van der Waals surface area (Å²) in [4.78, 5) is 13.1. The number of Topliss-reactive ketones (excluding diaryl/α,β-unsaturated/α-hetero) is 1. The minimum absolute atomic E-state index is 0.0279. The van der Waals surface area contributed by atoms with Crippen molar-refractivity contribution in [1.29, 1.82) is 0 Å². The van der Waals surface area contributed by atoms with E-state index in [1.54, 1.807) is 13.8 Å². The molecule has 21 atom stereocenters. The van der Waals surface area contributed by atoms with Crippen molar-refractivity contribution in [1.82, 2.24) is 0 Å². The summed E-state index contributed by atoms with van der Waals surface area (Å²) in [6.45, 7) is 18.9. The van der Waals surface area contributed by atoms with Crippen molar-refractivity contribution in [3.8, 4) is 0 Å². The van der Waals surface area contributed by atoms with Crippen LogP contribution < -0.4 is 0 Å². The van der Waals surface area contributed by atoms with Crippen LogP contribution in [-0.2, 0) is 23.7 Å². The number of carbonyl (C=O) groups is 1. The summed E-state index contributed by atoms with van der Waals surface area (Å²) in [7, 11) is 0. The molecule has 5 aliphatic carbocycles. The van der Waals surface area contributed by atoms with Gasteiger partial charge in [-0.1, -0.05) is 48.5 Å². The first-order valence-corrected chi connectivity index (χ1v) is 20.3. The van der Waals surface area contributed by atoms with E-state index in [1.807, 2.05) is 6.92 Å². The van der Waals surface area contributed by atoms with Crippen LogP contribution >= 0.6 is 0 Å². The molecule has 5 unspecified atom stereocenters. The fraction of sp³-hybridized carbons (Fsp3) is 0.976. The molecule has 0 spiro atoms. The topological polar surface area (TPSA) is 196 Å². The zero-order valence-electron chi connectivity index (χ0n) is 33.3.